The van der Waals surface area contributed by atoms with Crippen molar-refractivity contribution in [2.75, 3.05) is 11.9 Å². The van der Waals surface area contributed by atoms with Crippen molar-refractivity contribution < 1.29 is 18.7 Å². The van der Waals surface area contributed by atoms with Crippen LogP contribution in [-0.4, -0.2) is 38.5 Å². The summed E-state index contributed by atoms with van der Waals surface area (Å²) in [7, 11) is 1.79. The molecule has 2 heterocycles. The predicted molar refractivity (Wildman–Crippen MR) is 91.3 cm³/mol. The summed E-state index contributed by atoms with van der Waals surface area (Å²) in [6.45, 7) is 3.24. The van der Waals surface area contributed by atoms with E-state index in [1.54, 1.807) is 42.9 Å². The molecule has 0 fully saturated rings. The molecule has 1 aromatic carbocycles. The van der Waals surface area contributed by atoms with Gasteiger partial charge in [-0.1, -0.05) is 0 Å². The normalized spacial score (nSPS) is 10.6. The molecule has 0 bridgehead atoms. The van der Waals surface area contributed by atoms with E-state index in [1.165, 1.54) is 6.39 Å². The molecular formula is C17H17N5O4. The van der Waals surface area contributed by atoms with E-state index in [1.807, 2.05) is 6.92 Å². The van der Waals surface area contributed by atoms with Crippen LogP contribution < -0.4 is 5.32 Å². The molecule has 3 rings (SSSR count). The molecular weight excluding hydrogens is 338 g/mol. The monoisotopic (exact) mass is 355 g/mol. The average Bonchev–Trinajstić information content (AvgIpc) is 3.25. The van der Waals surface area contributed by atoms with Crippen LogP contribution in [0, 0.1) is 13.8 Å². The molecule has 0 unspecified atom stereocenters. The fourth-order valence-corrected chi connectivity index (χ4v) is 2.39. The Kier molecular flexibility index (Phi) is 4.78. The number of rotatable bonds is 5. The maximum Gasteiger partial charge on any atom is 0.338 e. The second kappa shape index (κ2) is 7.18. The SMILES string of the molecule is Cc1nn(C)c(C)c1NC(=O)COC(=O)c1ccc(-c2nnco2)cc1. The lowest BCUT2D eigenvalue weighted by atomic mass is 10.1. The van der Waals surface area contributed by atoms with Gasteiger partial charge in [0.2, 0.25) is 12.3 Å². The number of amides is 1. The number of aromatic nitrogens is 4. The van der Waals surface area contributed by atoms with Crippen molar-refractivity contribution >= 4 is 17.6 Å². The van der Waals surface area contributed by atoms with E-state index < -0.39 is 18.5 Å². The highest BCUT2D eigenvalue weighted by atomic mass is 16.5. The Bertz CT molecular complexity index is 929. The summed E-state index contributed by atoms with van der Waals surface area (Å²) in [5, 5.41) is 14.3. The lowest BCUT2D eigenvalue weighted by Crippen LogP contribution is -2.21. The van der Waals surface area contributed by atoms with Gasteiger partial charge in [0.1, 0.15) is 0 Å². The van der Waals surface area contributed by atoms with Crippen molar-refractivity contribution in [1.82, 2.24) is 20.0 Å². The zero-order valence-electron chi connectivity index (χ0n) is 14.5. The zero-order valence-corrected chi connectivity index (χ0v) is 14.5. The molecule has 0 aliphatic rings. The van der Waals surface area contributed by atoms with Gasteiger partial charge in [0, 0.05) is 12.6 Å². The molecule has 0 saturated carbocycles. The van der Waals surface area contributed by atoms with Crippen molar-refractivity contribution in [1.29, 1.82) is 0 Å². The van der Waals surface area contributed by atoms with Gasteiger partial charge in [0.15, 0.2) is 6.61 Å². The van der Waals surface area contributed by atoms with Crippen LogP contribution in [0.1, 0.15) is 21.7 Å². The first-order valence-corrected chi connectivity index (χ1v) is 7.79. The van der Waals surface area contributed by atoms with Crippen molar-refractivity contribution in [3.63, 3.8) is 0 Å². The maximum absolute atomic E-state index is 12.1. The van der Waals surface area contributed by atoms with E-state index in [2.05, 4.69) is 20.6 Å². The van der Waals surface area contributed by atoms with Gasteiger partial charge >= 0.3 is 5.97 Å². The van der Waals surface area contributed by atoms with Crippen molar-refractivity contribution in [2.24, 2.45) is 7.05 Å². The number of ether oxygens (including phenoxy) is 1. The third-order valence-electron chi connectivity index (χ3n) is 3.84. The minimum atomic E-state index is -0.600. The second-order valence-corrected chi connectivity index (χ2v) is 5.61. The number of carbonyl (C=O) groups excluding carboxylic acids is 2. The van der Waals surface area contributed by atoms with Gasteiger partial charge < -0.3 is 14.5 Å². The summed E-state index contributed by atoms with van der Waals surface area (Å²) in [5.41, 5.74) is 3.13. The molecule has 134 valence electrons. The first-order valence-electron chi connectivity index (χ1n) is 7.79. The third kappa shape index (κ3) is 3.61. The average molecular weight is 355 g/mol. The van der Waals surface area contributed by atoms with Crippen LogP contribution >= 0.6 is 0 Å². The van der Waals surface area contributed by atoms with Gasteiger partial charge in [-0.15, -0.1) is 10.2 Å². The van der Waals surface area contributed by atoms with Gasteiger partial charge in [0.25, 0.3) is 5.91 Å². The fraction of sp³-hybridized carbons (Fsp3) is 0.235. The molecule has 0 radical (unpaired) electrons. The van der Waals surface area contributed by atoms with Crippen LogP contribution in [-0.2, 0) is 16.6 Å². The molecule has 0 aliphatic carbocycles. The molecule has 9 heteroatoms. The molecule has 0 saturated heterocycles. The van der Waals surface area contributed by atoms with Gasteiger partial charge in [-0.2, -0.15) is 5.10 Å². The Balaban J connectivity index is 1.57. The Morgan fingerprint density at radius 2 is 1.96 bits per heavy atom. The predicted octanol–water partition coefficient (Wildman–Crippen LogP) is 1.88. The van der Waals surface area contributed by atoms with Crippen LogP contribution in [0.2, 0.25) is 0 Å². The molecule has 3 aromatic rings. The Hall–Kier alpha value is -3.49. The molecule has 0 spiro atoms. The number of hydrogen-bond donors (Lipinski definition) is 1. The van der Waals surface area contributed by atoms with E-state index >= 15 is 0 Å². The fourth-order valence-electron chi connectivity index (χ4n) is 2.39. The van der Waals surface area contributed by atoms with Gasteiger partial charge in [-0.3, -0.25) is 9.48 Å². The smallest absolute Gasteiger partial charge is 0.338 e. The van der Waals surface area contributed by atoms with Crippen molar-refractivity contribution in [2.45, 2.75) is 13.8 Å². The summed E-state index contributed by atoms with van der Waals surface area (Å²) in [6.07, 6.45) is 1.22. The Morgan fingerprint density at radius 1 is 1.23 bits per heavy atom. The molecule has 1 amide bonds. The summed E-state index contributed by atoms with van der Waals surface area (Å²) in [6, 6.07) is 6.45. The minimum absolute atomic E-state index is 0.315. The standard InChI is InChI=1S/C17H17N5O4/c1-10-15(11(2)22(3)21-10)19-14(23)8-25-17(24)13-6-4-12(5-7-13)16-20-18-9-26-16/h4-7,9H,8H2,1-3H3,(H,19,23). The van der Waals surface area contributed by atoms with Crippen LogP contribution in [0.25, 0.3) is 11.5 Å². The topological polar surface area (TPSA) is 112 Å². The number of hydrogen-bond acceptors (Lipinski definition) is 7. The van der Waals surface area contributed by atoms with Crippen molar-refractivity contribution in [3.8, 4) is 11.5 Å². The number of aryl methyl sites for hydroxylation is 2. The number of nitrogens with one attached hydrogen (secondary N) is 1. The first kappa shape index (κ1) is 17.3. The number of carbonyl (C=O) groups is 2. The van der Waals surface area contributed by atoms with E-state index in [0.29, 0.717) is 28.4 Å². The molecule has 26 heavy (non-hydrogen) atoms. The highest BCUT2D eigenvalue weighted by Gasteiger charge is 2.15. The highest BCUT2D eigenvalue weighted by Crippen LogP contribution is 2.19. The van der Waals surface area contributed by atoms with Crippen LogP contribution in [0.5, 0.6) is 0 Å². The maximum atomic E-state index is 12.1. The highest BCUT2D eigenvalue weighted by molar-refractivity contribution is 5.96. The Labute approximate surface area is 149 Å². The summed E-state index contributed by atoms with van der Waals surface area (Å²) in [4.78, 5) is 24.1. The third-order valence-corrected chi connectivity index (χ3v) is 3.84. The first-order chi connectivity index (χ1) is 12.5. The lowest BCUT2D eigenvalue weighted by Gasteiger charge is -2.07. The van der Waals surface area contributed by atoms with E-state index in [0.717, 1.165) is 5.69 Å². The van der Waals surface area contributed by atoms with Gasteiger partial charge in [-0.25, -0.2) is 4.79 Å². The van der Waals surface area contributed by atoms with E-state index in [4.69, 9.17) is 9.15 Å². The van der Waals surface area contributed by atoms with Crippen LogP contribution in [0.3, 0.4) is 0 Å². The summed E-state index contributed by atoms with van der Waals surface area (Å²) >= 11 is 0. The quantitative estimate of drug-likeness (QED) is 0.695. The Morgan fingerprint density at radius 3 is 2.54 bits per heavy atom. The molecule has 0 atom stereocenters. The summed E-state index contributed by atoms with van der Waals surface area (Å²) in [5.74, 6) is -0.677. The van der Waals surface area contributed by atoms with Crippen LogP contribution in [0.15, 0.2) is 35.1 Å². The van der Waals surface area contributed by atoms with Crippen molar-refractivity contribution in [3.05, 3.63) is 47.6 Å². The number of anilines is 1. The summed E-state index contributed by atoms with van der Waals surface area (Å²) < 4.78 is 11.8. The minimum Gasteiger partial charge on any atom is -0.452 e. The lowest BCUT2D eigenvalue weighted by molar-refractivity contribution is -0.119. The molecule has 9 nitrogen and oxygen atoms in total. The molecule has 2 aromatic heterocycles. The van der Waals surface area contributed by atoms with E-state index in [9.17, 15) is 9.59 Å². The molecule has 0 aliphatic heterocycles. The molecule has 1 N–H and O–H groups in total. The van der Waals surface area contributed by atoms with E-state index in [-0.39, 0.29) is 0 Å². The van der Waals surface area contributed by atoms with Crippen LogP contribution in [0.4, 0.5) is 5.69 Å². The number of nitrogens with zero attached hydrogens (tertiary/aromatic N) is 4. The van der Waals surface area contributed by atoms with Gasteiger partial charge in [-0.05, 0) is 38.1 Å². The second-order valence-electron chi connectivity index (χ2n) is 5.61. The number of benzene rings is 1. The zero-order chi connectivity index (χ0) is 18.7. The number of esters is 1. The largest absolute Gasteiger partial charge is 0.452 e. The van der Waals surface area contributed by atoms with Gasteiger partial charge in [0.05, 0.1) is 22.6 Å².